The number of rotatable bonds is 7. The smallest absolute Gasteiger partial charge is 0.0832 e. The van der Waals surface area contributed by atoms with Crippen molar-refractivity contribution < 1.29 is 4.48 Å². The third-order valence-corrected chi connectivity index (χ3v) is 3.76. The maximum Gasteiger partial charge on any atom is 0.0832 e. The van der Waals surface area contributed by atoms with Crippen LogP contribution >= 0.6 is 12.2 Å². The summed E-state index contributed by atoms with van der Waals surface area (Å²) in [6.45, 7) is 13.9. The van der Waals surface area contributed by atoms with Gasteiger partial charge in [0.25, 0.3) is 0 Å². The van der Waals surface area contributed by atoms with E-state index in [4.69, 9.17) is 12.2 Å². The minimum atomic E-state index is 1.06. The van der Waals surface area contributed by atoms with Crippen LogP contribution in [0.2, 0.25) is 0 Å². The summed E-state index contributed by atoms with van der Waals surface area (Å²) in [6, 6.07) is 0. The van der Waals surface area contributed by atoms with Crippen molar-refractivity contribution in [1.29, 1.82) is 0 Å². The summed E-state index contributed by atoms with van der Waals surface area (Å²) in [4.78, 5) is 1.23. The van der Waals surface area contributed by atoms with E-state index in [1.165, 1.54) is 35.5 Å². The third-order valence-electron chi connectivity index (χ3n) is 3.27. The van der Waals surface area contributed by atoms with Crippen LogP contribution in [-0.2, 0) is 0 Å². The van der Waals surface area contributed by atoms with Gasteiger partial charge in [0.2, 0.25) is 0 Å². The van der Waals surface area contributed by atoms with Gasteiger partial charge in [-0.05, 0) is 32.1 Å². The molecule has 0 rings (SSSR count). The molecule has 0 spiro atoms. The zero-order valence-corrected chi connectivity index (χ0v) is 10.4. The fraction of sp³-hybridized carbons (Fsp3) is 0.909. The van der Waals surface area contributed by atoms with E-state index in [2.05, 4.69) is 27.7 Å². The Kier molecular flexibility index (Phi) is 6.52. The van der Waals surface area contributed by atoms with Gasteiger partial charge >= 0.3 is 0 Å². The molecule has 0 aliphatic rings. The van der Waals surface area contributed by atoms with E-state index in [1.54, 1.807) is 0 Å². The highest BCUT2D eigenvalue weighted by Crippen LogP contribution is 2.08. The molecule has 0 aromatic heterocycles. The van der Waals surface area contributed by atoms with E-state index in [0.29, 0.717) is 0 Å². The summed E-state index contributed by atoms with van der Waals surface area (Å²) >= 11 is 5.26. The molecule has 0 saturated heterocycles. The average molecular weight is 202 g/mol. The minimum Gasteiger partial charge on any atom is -0.324 e. The lowest BCUT2D eigenvalue weighted by atomic mass is 10.2. The molecular weight excluding hydrogens is 178 g/mol. The Labute approximate surface area is 88.7 Å². The first-order valence-corrected chi connectivity index (χ1v) is 5.91. The summed E-state index contributed by atoms with van der Waals surface area (Å²) in [5.74, 6) is 0. The molecule has 0 bridgehead atoms. The van der Waals surface area contributed by atoms with Crippen LogP contribution < -0.4 is 0 Å². The van der Waals surface area contributed by atoms with E-state index < -0.39 is 0 Å². The number of nitrogens with zero attached hydrogens (tertiary/aromatic N) is 1. The standard InChI is InChI=1S/C11H24NS/c1-5-11(13)9-10-12(6-2,7-3)8-4/h5-10H2,1-4H3/q+1. The van der Waals surface area contributed by atoms with E-state index in [0.717, 1.165) is 12.8 Å². The predicted octanol–water partition coefficient (Wildman–Crippen LogP) is 3.03. The summed E-state index contributed by atoms with van der Waals surface area (Å²) in [5, 5.41) is 0. The molecule has 0 amide bonds. The molecule has 0 aromatic rings. The van der Waals surface area contributed by atoms with Crippen LogP contribution in [0.15, 0.2) is 0 Å². The maximum absolute atomic E-state index is 5.26. The molecule has 0 radical (unpaired) electrons. The molecule has 0 saturated carbocycles. The van der Waals surface area contributed by atoms with Crippen molar-refractivity contribution >= 4 is 17.1 Å². The largest absolute Gasteiger partial charge is 0.324 e. The van der Waals surface area contributed by atoms with Gasteiger partial charge in [0, 0.05) is 6.42 Å². The van der Waals surface area contributed by atoms with E-state index in [9.17, 15) is 0 Å². The Balaban J connectivity index is 4.02. The maximum atomic E-state index is 5.26. The van der Waals surface area contributed by atoms with Gasteiger partial charge < -0.3 is 4.48 Å². The lowest BCUT2D eigenvalue weighted by Crippen LogP contribution is -2.48. The Morgan fingerprint density at radius 2 is 1.46 bits per heavy atom. The molecule has 0 heterocycles. The molecule has 13 heavy (non-hydrogen) atoms. The lowest BCUT2D eigenvalue weighted by molar-refractivity contribution is -0.922. The molecule has 1 nitrogen and oxygen atoms in total. The summed E-state index contributed by atoms with van der Waals surface area (Å²) < 4.78 is 1.22. The van der Waals surface area contributed by atoms with Crippen LogP contribution in [0.3, 0.4) is 0 Å². The second-order valence-corrected chi connectivity index (χ2v) is 4.23. The monoisotopic (exact) mass is 202 g/mol. The Morgan fingerprint density at radius 3 is 1.77 bits per heavy atom. The normalized spacial score (nSPS) is 11.7. The molecule has 0 fully saturated rings. The molecule has 0 atom stereocenters. The topological polar surface area (TPSA) is 0 Å². The van der Waals surface area contributed by atoms with Crippen molar-refractivity contribution in [1.82, 2.24) is 0 Å². The molecule has 0 aromatic carbocycles. The summed E-state index contributed by atoms with van der Waals surface area (Å²) in [5.41, 5.74) is 0. The molecule has 0 aliphatic carbocycles. The van der Waals surface area contributed by atoms with Gasteiger partial charge in [-0.15, -0.1) is 0 Å². The highest BCUT2D eigenvalue weighted by atomic mass is 32.1. The van der Waals surface area contributed by atoms with Crippen LogP contribution in [0.25, 0.3) is 0 Å². The van der Waals surface area contributed by atoms with Crippen molar-refractivity contribution in [3.63, 3.8) is 0 Å². The van der Waals surface area contributed by atoms with Crippen LogP contribution in [0, 0.1) is 0 Å². The van der Waals surface area contributed by atoms with Gasteiger partial charge in [-0.2, -0.15) is 0 Å². The third kappa shape index (κ3) is 4.19. The zero-order chi connectivity index (χ0) is 10.3. The first kappa shape index (κ1) is 13.1. The zero-order valence-electron chi connectivity index (χ0n) is 9.60. The Morgan fingerprint density at radius 1 is 1.00 bits per heavy atom. The van der Waals surface area contributed by atoms with Crippen molar-refractivity contribution in [2.24, 2.45) is 0 Å². The van der Waals surface area contributed by atoms with Gasteiger partial charge in [0.1, 0.15) is 0 Å². The lowest BCUT2D eigenvalue weighted by Gasteiger charge is -2.35. The highest BCUT2D eigenvalue weighted by Gasteiger charge is 2.20. The van der Waals surface area contributed by atoms with Gasteiger partial charge in [-0.3, -0.25) is 0 Å². The highest BCUT2D eigenvalue weighted by molar-refractivity contribution is 7.80. The first-order valence-electron chi connectivity index (χ1n) is 5.50. The molecular formula is C11H24NS+. The minimum absolute atomic E-state index is 1.06. The van der Waals surface area contributed by atoms with Gasteiger partial charge in [-0.1, -0.05) is 19.1 Å². The number of quaternary nitrogens is 1. The average Bonchev–Trinajstić information content (AvgIpc) is 2.20. The van der Waals surface area contributed by atoms with Gasteiger partial charge in [0.15, 0.2) is 0 Å². The summed E-state index contributed by atoms with van der Waals surface area (Å²) in [7, 11) is 0. The van der Waals surface area contributed by atoms with Crippen LogP contribution in [0.4, 0.5) is 0 Å². The number of hydrogen-bond acceptors (Lipinski definition) is 1. The van der Waals surface area contributed by atoms with Gasteiger partial charge in [0.05, 0.1) is 26.2 Å². The van der Waals surface area contributed by atoms with E-state index in [-0.39, 0.29) is 0 Å². The van der Waals surface area contributed by atoms with Gasteiger partial charge in [-0.25, -0.2) is 0 Å². The van der Waals surface area contributed by atoms with Crippen LogP contribution in [0.5, 0.6) is 0 Å². The molecule has 2 heteroatoms. The fourth-order valence-electron chi connectivity index (χ4n) is 1.68. The van der Waals surface area contributed by atoms with E-state index >= 15 is 0 Å². The van der Waals surface area contributed by atoms with Crippen molar-refractivity contribution in [2.45, 2.75) is 40.5 Å². The predicted molar refractivity (Wildman–Crippen MR) is 64.3 cm³/mol. The molecule has 78 valence electrons. The molecule has 0 aliphatic heterocycles. The van der Waals surface area contributed by atoms with Crippen molar-refractivity contribution in [2.75, 3.05) is 26.2 Å². The Bertz CT molecular complexity index is 142. The van der Waals surface area contributed by atoms with Crippen molar-refractivity contribution in [3.05, 3.63) is 0 Å². The van der Waals surface area contributed by atoms with Crippen LogP contribution in [-0.4, -0.2) is 35.5 Å². The molecule has 0 N–H and O–H groups in total. The number of hydrogen-bond donors (Lipinski definition) is 0. The second-order valence-electron chi connectivity index (χ2n) is 3.66. The quantitative estimate of drug-likeness (QED) is 0.452. The molecule has 0 unspecified atom stereocenters. The Hall–Kier alpha value is 0.0500. The van der Waals surface area contributed by atoms with Crippen LogP contribution in [0.1, 0.15) is 40.5 Å². The second kappa shape index (κ2) is 6.50. The van der Waals surface area contributed by atoms with E-state index in [1.807, 2.05) is 0 Å². The SMILES string of the molecule is CCC(=S)CC[N+](CC)(CC)CC. The summed E-state index contributed by atoms with van der Waals surface area (Å²) in [6.07, 6.45) is 2.19. The first-order chi connectivity index (χ1) is 6.14. The number of thiocarbonyl (C=S) groups is 1. The fourth-order valence-corrected chi connectivity index (χ4v) is 1.78. The van der Waals surface area contributed by atoms with Crippen molar-refractivity contribution in [3.8, 4) is 0 Å².